The van der Waals surface area contributed by atoms with Crippen molar-refractivity contribution < 1.29 is 4.39 Å². The van der Waals surface area contributed by atoms with Crippen molar-refractivity contribution >= 4 is 5.82 Å². The van der Waals surface area contributed by atoms with Crippen molar-refractivity contribution in [1.82, 2.24) is 10.3 Å². The molecule has 1 atom stereocenters. The molecule has 0 radical (unpaired) electrons. The first-order valence-corrected chi connectivity index (χ1v) is 6.28. The van der Waals surface area contributed by atoms with Crippen molar-refractivity contribution in [3.63, 3.8) is 0 Å². The summed E-state index contributed by atoms with van der Waals surface area (Å²) in [7, 11) is 1.82. The molecule has 1 saturated heterocycles. The maximum atomic E-state index is 14.3. The van der Waals surface area contributed by atoms with Gasteiger partial charge in [0.2, 0.25) is 0 Å². The van der Waals surface area contributed by atoms with Gasteiger partial charge in [-0.3, -0.25) is 0 Å². The number of halogens is 1. The Morgan fingerprint density at radius 3 is 3.06 bits per heavy atom. The lowest BCUT2D eigenvalue weighted by Crippen LogP contribution is -2.38. The van der Waals surface area contributed by atoms with Crippen molar-refractivity contribution in [3.8, 4) is 0 Å². The molecule has 1 aliphatic rings. The maximum absolute atomic E-state index is 14.3. The molecule has 0 saturated carbocycles. The average molecular weight is 237 g/mol. The fraction of sp³-hybridized carbons (Fsp3) is 0.615. The van der Waals surface area contributed by atoms with Crippen molar-refractivity contribution in [1.29, 1.82) is 0 Å². The summed E-state index contributed by atoms with van der Waals surface area (Å²) in [5.74, 6) is 0.348. The normalized spacial score (nSPS) is 20.6. The molecule has 0 spiro atoms. The van der Waals surface area contributed by atoms with Crippen LogP contribution in [0.4, 0.5) is 10.2 Å². The van der Waals surface area contributed by atoms with Crippen LogP contribution in [-0.4, -0.2) is 24.6 Å². The second-order valence-corrected chi connectivity index (χ2v) is 4.68. The number of nitrogens with one attached hydrogen (secondary N) is 1. The van der Waals surface area contributed by atoms with Crippen molar-refractivity contribution in [3.05, 3.63) is 23.6 Å². The number of rotatable bonds is 3. The monoisotopic (exact) mass is 237 g/mol. The van der Waals surface area contributed by atoms with E-state index in [2.05, 4.69) is 22.1 Å². The molecule has 0 amide bonds. The summed E-state index contributed by atoms with van der Waals surface area (Å²) in [5.41, 5.74) is 0.690. The minimum Gasteiger partial charge on any atom is -0.351 e. The standard InChI is InChI=1S/C13H20FN3/c1-10-5-3-4-8-17(10)13-12(14)11(9-15-2)6-7-16-13/h6-7,10,15H,3-5,8-9H2,1-2H3. The Bertz CT molecular complexity index is 381. The minimum absolute atomic E-state index is 0.171. The first kappa shape index (κ1) is 12.3. The zero-order chi connectivity index (χ0) is 12.3. The summed E-state index contributed by atoms with van der Waals surface area (Å²) in [6, 6.07) is 2.12. The van der Waals surface area contributed by atoms with Gasteiger partial charge in [0, 0.05) is 30.9 Å². The predicted molar refractivity (Wildman–Crippen MR) is 67.6 cm³/mol. The van der Waals surface area contributed by atoms with Crippen LogP contribution in [0.2, 0.25) is 0 Å². The first-order valence-electron chi connectivity index (χ1n) is 6.28. The summed E-state index contributed by atoms with van der Waals surface area (Å²) in [5, 5.41) is 2.98. The third-order valence-corrected chi connectivity index (χ3v) is 3.39. The molecule has 1 unspecified atom stereocenters. The highest BCUT2D eigenvalue weighted by molar-refractivity contribution is 5.44. The van der Waals surface area contributed by atoms with E-state index >= 15 is 0 Å². The van der Waals surface area contributed by atoms with Gasteiger partial charge in [0.05, 0.1) is 0 Å². The third-order valence-electron chi connectivity index (χ3n) is 3.39. The summed E-state index contributed by atoms with van der Waals surface area (Å²) >= 11 is 0. The highest BCUT2D eigenvalue weighted by Gasteiger charge is 2.23. The smallest absolute Gasteiger partial charge is 0.170 e. The Kier molecular flexibility index (Phi) is 3.94. The zero-order valence-corrected chi connectivity index (χ0v) is 10.5. The number of anilines is 1. The number of nitrogens with zero attached hydrogens (tertiary/aromatic N) is 2. The molecule has 1 N–H and O–H groups in total. The van der Waals surface area contributed by atoms with Crippen LogP contribution in [0, 0.1) is 5.82 Å². The molecule has 0 bridgehead atoms. The molecule has 1 fully saturated rings. The molecule has 0 aliphatic carbocycles. The predicted octanol–water partition coefficient (Wildman–Crippen LogP) is 2.32. The minimum atomic E-state index is -0.171. The molecule has 1 aliphatic heterocycles. The lowest BCUT2D eigenvalue weighted by Gasteiger charge is -2.34. The number of pyridine rings is 1. The lowest BCUT2D eigenvalue weighted by molar-refractivity contribution is 0.469. The largest absolute Gasteiger partial charge is 0.351 e. The van der Waals surface area contributed by atoms with Gasteiger partial charge in [-0.25, -0.2) is 9.37 Å². The van der Waals surface area contributed by atoms with Gasteiger partial charge in [-0.15, -0.1) is 0 Å². The van der Waals surface area contributed by atoms with E-state index in [1.165, 1.54) is 6.42 Å². The third kappa shape index (κ3) is 2.57. The highest BCUT2D eigenvalue weighted by atomic mass is 19.1. The Labute approximate surface area is 102 Å². The van der Waals surface area contributed by atoms with Gasteiger partial charge in [0.15, 0.2) is 11.6 Å². The van der Waals surface area contributed by atoms with Crippen molar-refractivity contribution in [2.75, 3.05) is 18.5 Å². The molecule has 1 aromatic heterocycles. The van der Waals surface area contributed by atoms with Crippen LogP contribution in [0.15, 0.2) is 12.3 Å². The SMILES string of the molecule is CNCc1ccnc(N2CCCCC2C)c1F. The van der Waals surface area contributed by atoms with Gasteiger partial charge in [-0.2, -0.15) is 0 Å². The van der Waals surface area contributed by atoms with E-state index in [1.54, 1.807) is 12.3 Å². The number of hydrogen-bond acceptors (Lipinski definition) is 3. The van der Waals surface area contributed by atoms with Gasteiger partial charge in [0.25, 0.3) is 0 Å². The number of aromatic nitrogens is 1. The van der Waals surface area contributed by atoms with Crippen LogP contribution in [-0.2, 0) is 6.54 Å². The maximum Gasteiger partial charge on any atom is 0.170 e. The molecule has 4 heteroatoms. The van der Waals surface area contributed by atoms with E-state index in [4.69, 9.17) is 0 Å². The van der Waals surface area contributed by atoms with E-state index in [0.29, 0.717) is 24.0 Å². The zero-order valence-electron chi connectivity index (χ0n) is 10.5. The average Bonchev–Trinajstić information content (AvgIpc) is 2.33. The molecule has 1 aromatic rings. The fourth-order valence-corrected chi connectivity index (χ4v) is 2.41. The van der Waals surface area contributed by atoms with E-state index < -0.39 is 0 Å². The summed E-state index contributed by atoms with van der Waals surface area (Å²) in [4.78, 5) is 6.31. The van der Waals surface area contributed by atoms with E-state index in [9.17, 15) is 4.39 Å². The van der Waals surface area contributed by atoms with Crippen LogP contribution in [0.1, 0.15) is 31.7 Å². The lowest BCUT2D eigenvalue weighted by atomic mass is 10.0. The molecule has 2 heterocycles. The summed E-state index contributed by atoms with van der Waals surface area (Å²) < 4.78 is 14.3. The molecular weight excluding hydrogens is 217 g/mol. The van der Waals surface area contributed by atoms with Gasteiger partial charge in [0.1, 0.15) is 0 Å². The first-order chi connectivity index (χ1) is 8.24. The molecule has 94 valence electrons. The molecule has 0 aromatic carbocycles. The van der Waals surface area contributed by atoms with Crippen LogP contribution < -0.4 is 10.2 Å². The second-order valence-electron chi connectivity index (χ2n) is 4.68. The number of hydrogen-bond donors (Lipinski definition) is 1. The Balaban J connectivity index is 2.27. The highest BCUT2D eigenvalue weighted by Crippen LogP contribution is 2.26. The molecular formula is C13H20FN3. The van der Waals surface area contributed by atoms with Crippen LogP contribution >= 0.6 is 0 Å². The number of piperidine rings is 1. The quantitative estimate of drug-likeness (QED) is 0.874. The van der Waals surface area contributed by atoms with Crippen molar-refractivity contribution in [2.24, 2.45) is 0 Å². The van der Waals surface area contributed by atoms with Crippen molar-refractivity contribution in [2.45, 2.75) is 38.8 Å². The fourth-order valence-electron chi connectivity index (χ4n) is 2.41. The second kappa shape index (κ2) is 5.45. The van der Waals surface area contributed by atoms with Gasteiger partial charge >= 0.3 is 0 Å². The van der Waals surface area contributed by atoms with E-state index in [0.717, 1.165) is 19.4 Å². The van der Waals surface area contributed by atoms with Crippen LogP contribution in [0.3, 0.4) is 0 Å². The van der Waals surface area contributed by atoms with E-state index in [-0.39, 0.29) is 5.82 Å². The van der Waals surface area contributed by atoms with E-state index in [1.807, 2.05) is 7.05 Å². The van der Waals surface area contributed by atoms with Gasteiger partial charge in [-0.1, -0.05) is 0 Å². The Morgan fingerprint density at radius 2 is 2.35 bits per heavy atom. The molecule has 3 nitrogen and oxygen atoms in total. The van der Waals surface area contributed by atoms with Gasteiger partial charge < -0.3 is 10.2 Å². The van der Waals surface area contributed by atoms with Gasteiger partial charge in [-0.05, 0) is 39.3 Å². The Morgan fingerprint density at radius 1 is 1.53 bits per heavy atom. The topological polar surface area (TPSA) is 28.2 Å². The van der Waals surface area contributed by atoms with Crippen LogP contribution in [0.5, 0.6) is 0 Å². The summed E-state index contributed by atoms with van der Waals surface area (Å²) in [6.45, 7) is 3.60. The Hall–Kier alpha value is -1.16. The summed E-state index contributed by atoms with van der Waals surface area (Å²) in [6.07, 6.45) is 5.18. The molecule has 17 heavy (non-hydrogen) atoms. The molecule has 2 rings (SSSR count). The van der Waals surface area contributed by atoms with Crippen LogP contribution in [0.25, 0.3) is 0 Å².